The molecule has 1 aromatic carbocycles. The number of carbonyl (C=O) groups excluding carboxylic acids is 1. The SMILES string of the molecule is CC(C)(C)c1nc2c(o1)CCN(C(=O)CCCn1nnc(-c3ccc(F)cc3)n1)C2. The second-order valence-electron chi connectivity index (χ2n) is 8.52. The van der Waals surface area contributed by atoms with Gasteiger partial charge in [0.2, 0.25) is 11.7 Å². The van der Waals surface area contributed by atoms with Crippen LogP contribution in [0.3, 0.4) is 0 Å². The summed E-state index contributed by atoms with van der Waals surface area (Å²) in [5.41, 5.74) is 1.41. The number of tetrazole rings is 1. The van der Waals surface area contributed by atoms with E-state index in [1.54, 1.807) is 12.1 Å². The molecule has 158 valence electrons. The van der Waals surface area contributed by atoms with Gasteiger partial charge in [-0.2, -0.15) is 4.80 Å². The number of hydrogen-bond donors (Lipinski definition) is 0. The summed E-state index contributed by atoms with van der Waals surface area (Å²) in [6.45, 7) is 7.80. The minimum Gasteiger partial charge on any atom is -0.445 e. The van der Waals surface area contributed by atoms with Crippen LogP contribution in [0, 0.1) is 5.82 Å². The molecule has 3 aromatic rings. The molecule has 1 aliphatic rings. The molecule has 0 radical (unpaired) electrons. The molecular weight excluding hydrogens is 387 g/mol. The van der Waals surface area contributed by atoms with E-state index in [0.717, 1.165) is 17.3 Å². The van der Waals surface area contributed by atoms with E-state index in [1.807, 2.05) is 4.90 Å². The summed E-state index contributed by atoms with van der Waals surface area (Å²) in [6.07, 6.45) is 1.69. The van der Waals surface area contributed by atoms with Crippen molar-refractivity contribution < 1.29 is 13.6 Å². The number of fused-ring (bicyclic) bond motifs is 1. The summed E-state index contributed by atoms with van der Waals surface area (Å²) >= 11 is 0. The molecule has 2 aromatic heterocycles. The Labute approximate surface area is 174 Å². The molecule has 4 rings (SSSR count). The van der Waals surface area contributed by atoms with Gasteiger partial charge >= 0.3 is 0 Å². The number of oxazole rings is 1. The Morgan fingerprint density at radius 1 is 1.23 bits per heavy atom. The molecule has 0 fully saturated rings. The van der Waals surface area contributed by atoms with Gasteiger partial charge < -0.3 is 9.32 Å². The zero-order valence-electron chi connectivity index (χ0n) is 17.4. The first-order valence-electron chi connectivity index (χ1n) is 10.1. The van der Waals surface area contributed by atoms with Crippen LogP contribution in [0.1, 0.15) is 51.0 Å². The minimum absolute atomic E-state index is 0.0832. The van der Waals surface area contributed by atoms with Crippen molar-refractivity contribution in [2.75, 3.05) is 6.54 Å². The number of hydrogen-bond acceptors (Lipinski definition) is 6. The first-order valence-corrected chi connectivity index (χ1v) is 10.1. The van der Waals surface area contributed by atoms with Crippen molar-refractivity contribution in [3.8, 4) is 11.4 Å². The van der Waals surface area contributed by atoms with Crippen LogP contribution < -0.4 is 0 Å². The van der Waals surface area contributed by atoms with Crippen molar-refractivity contribution in [1.29, 1.82) is 0 Å². The number of benzene rings is 1. The van der Waals surface area contributed by atoms with Crippen LogP contribution in [0.2, 0.25) is 0 Å². The third-order valence-electron chi connectivity index (χ3n) is 5.03. The van der Waals surface area contributed by atoms with Crippen molar-refractivity contribution in [3.05, 3.63) is 47.4 Å². The van der Waals surface area contributed by atoms with Gasteiger partial charge in [0.1, 0.15) is 17.3 Å². The predicted molar refractivity (Wildman–Crippen MR) is 107 cm³/mol. The number of rotatable bonds is 5. The molecule has 0 saturated carbocycles. The molecule has 0 bridgehead atoms. The molecule has 8 nitrogen and oxygen atoms in total. The lowest BCUT2D eigenvalue weighted by Crippen LogP contribution is -2.35. The molecule has 1 amide bonds. The Bertz CT molecular complexity index is 1030. The first-order chi connectivity index (χ1) is 14.3. The summed E-state index contributed by atoms with van der Waals surface area (Å²) in [7, 11) is 0. The third-order valence-corrected chi connectivity index (χ3v) is 5.03. The molecule has 0 unspecified atom stereocenters. The van der Waals surface area contributed by atoms with Crippen LogP contribution in [-0.2, 0) is 29.7 Å². The lowest BCUT2D eigenvalue weighted by atomic mass is 9.97. The quantitative estimate of drug-likeness (QED) is 0.640. The summed E-state index contributed by atoms with van der Waals surface area (Å²) in [4.78, 5) is 20.5. The molecule has 0 aliphatic carbocycles. The Balaban J connectivity index is 1.29. The molecule has 9 heteroatoms. The van der Waals surface area contributed by atoms with Crippen LogP contribution >= 0.6 is 0 Å². The minimum atomic E-state index is -0.310. The number of aromatic nitrogens is 5. The van der Waals surface area contributed by atoms with Gasteiger partial charge in [-0.15, -0.1) is 10.2 Å². The fourth-order valence-corrected chi connectivity index (χ4v) is 3.31. The van der Waals surface area contributed by atoms with Crippen molar-refractivity contribution in [2.45, 2.75) is 58.5 Å². The topological polar surface area (TPSA) is 89.9 Å². The van der Waals surface area contributed by atoms with Crippen molar-refractivity contribution in [1.82, 2.24) is 30.1 Å². The van der Waals surface area contributed by atoms with Gasteiger partial charge in [-0.25, -0.2) is 9.37 Å². The molecular formula is C21H25FN6O2. The molecule has 0 saturated heterocycles. The Morgan fingerprint density at radius 3 is 2.73 bits per heavy atom. The second-order valence-corrected chi connectivity index (χ2v) is 8.52. The Morgan fingerprint density at radius 2 is 2.00 bits per heavy atom. The average molecular weight is 412 g/mol. The predicted octanol–water partition coefficient (Wildman–Crippen LogP) is 3.13. The molecule has 0 atom stereocenters. The molecule has 1 aliphatic heterocycles. The third kappa shape index (κ3) is 4.39. The average Bonchev–Trinajstić information content (AvgIpc) is 3.34. The van der Waals surface area contributed by atoms with Gasteiger partial charge in [-0.05, 0) is 35.9 Å². The normalized spacial score (nSPS) is 14.1. The number of nitrogens with zero attached hydrogens (tertiary/aromatic N) is 6. The second kappa shape index (κ2) is 7.97. The fourth-order valence-electron chi connectivity index (χ4n) is 3.31. The van der Waals surface area contributed by atoms with Gasteiger partial charge in [0.15, 0.2) is 5.89 Å². The highest BCUT2D eigenvalue weighted by atomic mass is 19.1. The summed E-state index contributed by atoms with van der Waals surface area (Å²) < 4.78 is 18.9. The van der Waals surface area contributed by atoms with Crippen LogP contribution in [0.5, 0.6) is 0 Å². The monoisotopic (exact) mass is 412 g/mol. The summed E-state index contributed by atoms with van der Waals surface area (Å²) in [6, 6.07) is 5.94. The number of aryl methyl sites for hydroxylation is 1. The van der Waals surface area contributed by atoms with E-state index in [9.17, 15) is 9.18 Å². The van der Waals surface area contributed by atoms with E-state index >= 15 is 0 Å². The van der Waals surface area contributed by atoms with E-state index in [1.165, 1.54) is 16.9 Å². The zero-order valence-corrected chi connectivity index (χ0v) is 17.4. The summed E-state index contributed by atoms with van der Waals surface area (Å²) in [5.74, 6) is 1.82. The zero-order chi connectivity index (χ0) is 21.3. The van der Waals surface area contributed by atoms with Crippen LogP contribution in [0.15, 0.2) is 28.7 Å². The van der Waals surface area contributed by atoms with Gasteiger partial charge in [0, 0.05) is 30.4 Å². The smallest absolute Gasteiger partial charge is 0.223 e. The Hall–Kier alpha value is -3.10. The van der Waals surface area contributed by atoms with E-state index < -0.39 is 0 Å². The molecule has 3 heterocycles. The number of amides is 1. The van der Waals surface area contributed by atoms with E-state index in [-0.39, 0.29) is 17.1 Å². The van der Waals surface area contributed by atoms with Gasteiger partial charge in [-0.3, -0.25) is 4.79 Å². The van der Waals surface area contributed by atoms with E-state index in [0.29, 0.717) is 50.3 Å². The molecule has 30 heavy (non-hydrogen) atoms. The largest absolute Gasteiger partial charge is 0.445 e. The standard InChI is InChI=1S/C21H25FN6O2/c1-21(2,3)20-23-16-13-27(12-10-17(16)30-20)18(29)5-4-11-28-25-19(24-26-28)14-6-8-15(22)9-7-14/h6-9H,4-5,10-13H2,1-3H3. The van der Waals surface area contributed by atoms with Crippen molar-refractivity contribution in [3.63, 3.8) is 0 Å². The van der Waals surface area contributed by atoms with Crippen LogP contribution in [0.4, 0.5) is 4.39 Å². The van der Waals surface area contributed by atoms with Crippen LogP contribution in [0.25, 0.3) is 11.4 Å². The van der Waals surface area contributed by atoms with Gasteiger partial charge in [-0.1, -0.05) is 20.8 Å². The van der Waals surface area contributed by atoms with E-state index in [2.05, 4.69) is 41.2 Å². The van der Waals surface area contributed by atoms with Crippen LogP contribution in [-0.4, -0.2) is 42.5 Å². The summed E-state index contributed by atoms with van der Waals surface area (Å²) in [5, 5.41) is 12.3. The van der Waals surface area contributed by atoms with E-state index in [4.69, 9.17) is 4.42 Å². The highest BCUT2D eigenvalue weighted by Gasteiger charge is 2.28. The molecule has 0 spiro atoms. The fraction of sp³-hybridized carbons (Fsp3) is 0.476. The maximum atomic E-state index is 13.0. The first kappa shape index (κ1) is 20.2. The lowest BCUT2D eigenvalue weighted by molar-refractivity contribution is -0.132. The molecule has 0 N–H and O–H groups in total. The Kier molecular flexibility index (Phi) is 5.36. The number of halogens is 1. The van der Waals surface area contributed by atoms with Crippen molar-refractivity contribution in [2.24, 2.45) is 0 Å². The maximum absolute atomic E-state index is 13.0. The maximum Gasteiger partial charge on any atom is 0.223 e. The van der Waals surface area contributed by atoms with Crippen molar-refractivity contribution >= 4 is 5.91 Å². The van der Waals surface area contributed by atoms with Gasteiger partial charge in [0.25, 0.3) is 0 Å². The highest BCUT2D eigenvalue weighted by Crippen LogP contribution is 2.27. The van der Waals surface area contributed by atoms with Gasteiger partial charge in [0.05, 0.1) is 13.1 Å². The highest BCUT2D eigenvalue weighted by molar-refractivity contribution is 5.76. The lowest BCUT2D eigenvalue weighted by Gasteiger charge is -2.25. The number of carbonyl (C=O) groups is 1.